The lowest BCUT2D eigenvalue weighted by molar-refractivity contribution is 0.211. The van der Waals surface area contributed by atoms with Gasteiger partial charge >= 0.3 is 0 Å². The summed E-state index contributed by atoms with van der Waals surface area (Å²) >= 11 is 0. The summed E-state index contributed by atoms with van der Waals surface area (Å²) in [6.45, 7) is 6.92. The van der Waals surface area contributed by atoms with Gasteiger partial charge in [-0.15, -0.1) is 0 Å². The molecule has 2 aliphatic carbocycles. The van der Waals surface area contributed by atoms with Crippen LogP contribution in [0.5, 0.6) is 0 Å². The molecular weight excluding hydrogens is 246 g/mol. The summed E-state index contributed by atoms with van der Waals surface area (Å²) in [7, 11) is 0. The largest absolute Gasteiger partial charge is 0.353 e. The van der Waals surface area contributed by atoms with Gasteiger partial charge in [-0.05, 0) is 50.9 Å². The summed E-state index contributed by atoms with van der Waals surface area (Å²) in [6.07, 6.45) is 11.6. The lowest BCUT2D eigenvalue weighted by atomic mass is 9.79. The lowest BCUT2D eigenvalue weighted by Crippen LogP contribution is -2.25. The molecule has 0 aromatic carbocycles. The minimum Gasteiger partial charge on any atom is -0.353 e. The van der Waals surface area contributed by atoms with Crippen molar-refractivity contribution < 1.29 is 0 Å². The number of imidazole rings is 1. The molecule has 2 aliphatic rings. The van der Waals surface area contributed by atoms with E-state index in [9.17, 15) is 0 Å². The van der Waals surface area contributed by atoms with Gasteiger partial charge in [0.1, 0.15) is 0 Å². The van der Waals surface area contributed by atoms with Crippen molar-refractivity contribution >= 4 is 5.95 Å². The number of hydrogen-bond donors (Lipinski definition) is 1. The Morgan fingerprint density at radius 3 is 2.55 bits per heavy atom. The third kappa shape index (κ3) is 2.87. The molecule has 0 saturated heterocycles. The molecule has 1 aromatic rings. The van der Waals surface area contributed by atoms with E-state index in [1.807, 2.05) is 0 Å². The topological polar surface area (TPSA) is 29.9 Å². The van der Waals surface area contributed by atoms with Crippen molar-refractivity contribution in [1.29, 1.82) is 0 Å². The molecule has 0 bridgehead atoms. The van der Waals surface area contributed by atoms with Crippen LogP contribution in [0.2, 0.25) is 0 Å². The lowest BCUT2D eigenvalue weighted by Gasteiger charge is -2.33. The first kappa shape index (κ1) is 14.0. The third-order valence-electron chi connectivity index (χ3n) is 5.51. The van der Waals surface area contributed by atoms with Crippen molar-refractivity contribution in [2.45, 2.75) is 77.8 Å². The maximum atomic E-state index is 4.75. The van der Waals surface area contributed by atoms with Gasteiger partial charge in [-0.2, -0.15) is 0 Å². The normalized spacial score (nSPS) is 31.6. The van der Waals surface area contributed by atoms with E-state index in [0.29, 0.717) is 12.1 Å². The zero-order chi connectivity index (χ0) is 14.1. The van der Waals surface area contributed by atoms with Gasteiger partial charge in [0.15, 0.2) is 0 Å². The van der Waals surface area contributed by atoms with E-state index in [-0.39, 0.29) is 0 Å². The van der Waals surface area contributed by atoms with Crippen LogP contribution in [0.25, 0.3) is 0 Å². The van der Waals surface area contributed by atoms with Gasteiger partial charge < -0.3 is 9.88 Å². The van der Waals surface area contributed by atoms with E-state index in [1.54, 1.807) is 0 Å². The number of aromatic nitrogens is 2. The van der Waals surface area contributed by atoms with Gasteiger partial charge in [-0.1, -0.05) is 26.7 Å². The van der Waals surface area contributed by atoms with Crippen molar-refractivity contribution in [3.63, 3.8) is 0 Å². The van der Waals surface area contributed by atoms with Crippen molar-refractivity contribution in [1.82, 2.24) is 9.55 Å². The minimum absolute atomic E-state index is 0.645. The molecule has 0 spiro atoms. The maximum Gasteiger partial charge on any atom is 0.203 e. The molecule has 2 saturated carbocycles. The van der Waals surface area contributed by atoms with Gasteiger partial charge in [0, 0.05) is 18.3 Å². The Balaban J connectivity index is 1.75. The molecule has 0 radical (unpaired) electrons. The predicted octanol–water partition coefficient (Wildman–Crippen LogP) is 4.54. The number of nitrogens with one attached hydrogen (secondary N) is 1. The average molecular weight is 275 g/mol. The van der Waals surface area contributed by atoms with Crippen LogP contribution >= 0.6 is 0 Å². The van der Waals surface area contributed by atoms with Crippen LogP contribution in [0.15, 0.2) is 6.20 Å². The van der Waals surface area contributed by atoms with Crippen LogP contribution in [0, 0.1) is 18.8 Å². The summed E-state index contributed by atoms with van der Waals surface area (Å²) < 4.78 is 2.44. The molecule has 112 valence electrons. The number of nitrogens with zero attached hydrogens (tertiary/aromatic N) is 2. The van der Waals surface area contributed by atoms with Gasteiger partial charge in [0.25, 0.3) is 0 Å². The van der Waals surface area contributed by atoms with E-state index in [1.165, 1.54) is 44.9 Å². The van der Waals surface area contributed by atoms with Crippen LogP contribution in [0.4, 0.5) is 5.95 Å². The Morgan fingerprint density at radius 1 is 1.10 bits per heavy atom. The first-order valence-electron chi connectivity index (χ1n) is 8.45. The number of anilines is 1. The van der Waals surface area contributed by atoms with E-state index in [0.717, 1.165) is 23.5 Å². The smallest absolute Gasteiger partial charge is 0.203 e. The van der Waals surface area contributed by atoms with Crippen molar-refractivity contribution in [3.8, 4) is 0 Å². The molecule has 3 rings (SSSR count). The first-order valence-corrected chi connectivity index (χ1v) is 8.45. The molecule has 1 aromatic heterocycles. The molecule has 0 aliphatic heterocycles. The molecule has 3 nitrogen and oxygen atoms in total. The highest BCUT2D eigenvalue weighted by atomic mass is 15.2. The van der Waals surface area contributed by atoms with Gasteiger partial charge in [-0.25, -0.2) is 4.98 Å². The molecule has 20 heavy (non-hydrogen) atoms. The number of hydrogen-bond acceptors (Lipinski definition) is 2. The van der Waals surface area contributed by atoms with Crippen molar-refractivity contribution in [3.05, 3.63) is 11.9 Å². The highest BCUT2D eigenvalue weighted by molar-refractivity contribution is 5.31. The average Bonchev–Trinajstić information content (AvgIpc) is 3.03. The highest BCUT2D eigenvalue weighted by Crippen LogP contribution is 2.38. The number of aryl methyl sites for hydroxylation is 1. The molecule has 3 heteroatoms. The highest BCUT2D eigenvalue weighted by Gasteiger charge is 2.28. The summed E-state index contributed by atoms with van der Waals surface area (Å²) in [5.74, 6) is 2.83. The Kier molecular flexibility index (Phi) is 4.04. The summed E-state index contributed by atoms with van der Waals surface area (Å²) in [5.41, 5.74) is 1.15. The van der Waals surface area contributed by atoms with Gasteiger partial charge in [0.05, 0.1) is 5.69 Å². The van der Waals surface area contributed by atoms with E-state index in [4.69, 9.17) is 4.98 Å². The van der Waals surface area contributed by atoms with Gasteiger partial charge in [0.2, 0.25) is 5.95 Å². The second-order valence-corrected chi connectivity index (χ2v) is 7.16. The fourth-order valence-corrected chi connectivity index (χ4v) is 3.93. The fraction of sp³-hybridized carbons (Fsp3) is 0.824. The Hall–Kier alpha value is -0.990. The Labute approximate surface area is 123 Å². The van der Waals surface area contributed by atoms with Crippen LogP contribution in [-0.2, 0) is 0 Å². The third-order valence-corrected chi connectivity index (χ3v) is 5.51. The summed E-state index contributed by atoms with van der Waals surface area (Å²) in [5, 5.41) is 3.71. The minimum atomic E-state index is 0.645. The standard InChI is InChI=1S/C17H29N3/c1-12-8-9-16(10-13(12)2)20-11-14(3)18-17(20)19-15-6-4-5-7-15/h11-13,15-16H,4-10H2,1-3H3,(H,18,19). The van der Waals surface area contributed by atoms with Crippen LogP contribution in [-0.4, -0.2) is 15.6 Å². The monoisotopic (exact) mass is 275 g/mol. The molecule has 0 amide bonds. The molecule has 2 fully saturated rings. The summed E-state index contributed by atoms with van der Waals surface area (Å²) in [6, 6.07) is 1.29. The molecule has 1 heterocycles. The predicted molar refractivity (Wildman–Crippen MR) is 84.1 cm³/mol. The van der Waals surface area contributed by atoms with Crippen LogP contribution in [0.3, 0.4) is 0 Å². The van der Waals surface area contributed by atoms with Gasteiger partial charge in [-0.3, -0.25) is 0 Å². The van der Waals surface area contributed by atoms with Crippen molar-refractivity contribution in [2.24, 2.45) is 11.8 Å². The van der Waals surface area contributed by atoms with Crippen LogP contribution < -0.4 is 5.32 Å². The molecule has 1 N–H and O–H groups in total. The molecule has 3 unspecified atom stereocenters. The zero-order valence-electron chi connectivity index (χ0n) is 13.2. The molecule has 3 atom stereocenters. The SMILES string of the molecule is Cc1cn(C2CCC(C)C(C)C2)c(NC2CCCC2)n1. The van der Waals surface area contributed by atoms with E-state index >= 15 is 0 Å². The quantitative estimate of drug-likeness (QED) is 0.877. The Bertz CT molecular complexity index is 445. The van der Waals surface area contributed by atoms with Crippen molar-refractivity contribution in [2.75, 3.05) is 5.32 Å². The van der Waals surface area contributed by atoms with E-state index < -0.39 is 0 Å². The van der Waals surface area contributed by atoms with E-state index in [2.05, 4.69) is 36.9 Å². The summed E-state index contributed by atoms with van der Waals surface area (Å²) in [4.78, 5) is 4.75. The number of rotatable bonds is 3. The second kappa shape index (κ2) is 5.79. The molecular formula is C17H29N3. The zero-order valence-corrected chi connectivity index (χ0v) is 13.2. The van der Waals surface area contributed by atoms with Crippen LogP contribution in [0.1, 0.15) is 70.5 Å². The second-order valence-electron chi connectivity index (χ2n) is 7.16. The first-order chi connectivity index (χ1) is 9.63. The fourth-order valence-electron chi connectivity index (χ4n) is 3.93. The maximum absolute atomic E-state index is 4.75. The Morgan fingerprint density at radius 2 is 1.85 bits per heavy atom.